The highest BCUT2D eigenvalue weighted by Crippen LogP contribution is 2.36. The second-order valence-corrected chi connectivity index (χ2v) is 7.26. The maximum absolute atomic E-state index is 11.0. The zero-order chi connectivity index (χ0) is 15.0. The van der Waals surface area contributed by atoms with Gasteiger partial charge in [0.2, 0.25) is 0 Å². The van der Waals surface area contributed by atoms with Crippen molar-refractivity contribution >= 4 is 29.5 Å². The van der Waals surface area contributed by atoms with Crippen LogP contribution in [0.25, 0.3) is 0 Å². The molecule has 1 aromatic rings. The fourth-order valence-corrected chi connectivity index (χ4v) is 2.50. The monoisotopic (exact) mass is 292 g/mol. The van der Waals surface area contributed by atoms with Crippen LogP contribution in [-0.4, -0.2) is 23.4 Å². The van der Waals surface area contributed by atoms with E-state index in [-0.39, 0.29) is 23.4 Å². The first-order chi connectivity index (χ1) is 9.21. The number of rotatable bonds is 3. The molecule has 0 saturated carbocycles. The van der Waals surface area contributed by atoms with E-state index in [4.69, 9.17) is 9.31 Å². The van der Waals surface area contributed by atoms with Crippen LogP contribution in [0.1, 0.15) is 40.2 Å². The molecule has 0 unspecified atom stereocenters. The molecular weight excluding hydrogens is 271 g/mol. The Morgan fingerprint density at radius 2 is 1.60 bits per heavy atom. The maximum Gasteiger partial charge on any atom is 0.494 e. The summed E-state index contributed by atoms with van der Waals surface area (Å²) in [4.78, 5) is 11.0. The number of hydrogen-bond acceptors (Lipinski definition) is 4. The van der Waals surface area contributed by atoms with Gasteiger partial charge in [-0.05, 0) is 38.7 Å². The topological polar surface area (TPSA) is 35.5 Å². The fourth-order valence-electron chi connectivity index (χ4n) is 1.94. The Labute approximate surface area is 125 Å². The van der Waals surface area contributed by atoms with Crippen molar-refractivity contribution in [2.45, 2.75) is 51.6 Å². The van der Waals surface area contributed by atoms with E-state index in [9.17, 15) is 4.79 Å². The SMILES string of the molecule is CC(=O)SCc1ccc(B2OC(C)(C)C(C)(C)O2)cc1. The minimum atomic E-state index is -0.325. The molecule has 0 spiro atoms. The molecule has 0 bridgehead atoms. The first kappa shape index (κ1) is 15.6. The van der Waals surface area contributed by atoms with E-state index in [1.165, 1.54) is 11.8 Å². The van der Waals surface area contributed by atoms with Gasteiger partial charge < -0.3 is 9.31 Å². The quantitative estimate of drug-likeness (QED) is 0.803. The predicted molar refractivity (Wildman–Crippen MR) is 84.1 cm³/mol. The molecule has 108 valence electrons. The molecule has 1 aliphatic heterocycles. The third-order valence-electron chi connectivity index (χ3n) is 3.95. The lowest BCUT2D eigenvalue weighted by Gasteiger charge is -2.32. The second-order valence-electron chi connectivity index (χ2n) is 6.11. The molecule has 1 aliphatic rings. The molecule has 3 nitrogen and oxygen atoms in total. The van der Waals surface area contributed by atoms with Gasteiger partial charge in [-0.3, -0.25) is 4.79 Å². The molecule has 0 aliphatic carbocycles. The lowest BCUT2D eigenvalue weighted by Crippen LogP contribution is -2.41. The third-order valence-corrected chi connectivity index (χ3v) is 4.83. The number of carbonyl (C=O) groups excluding carboxylic acids is 1. The first-order valence-electron chi connectivity index (χ1n) is 6.79. The van der Waals surface area contributed by atoms with Crippen LogP contribution < -0.4 is 5.46 Å². The van der Waals surface area contributed by atoms with Gasteiger partial charge in [0.25, 0.3) is 0 Å². The van der Waals surface area contributed by atoms with Crippen LogP contribution in [-0.2, 0) is 19.9 Å². The maximum atomic E-state index is 11.0. The summed E-state index contributed by atoms with van der Waals surface area (Å²) >= 11 is 1.32. The van der Waals surface area contributed by atoms with Gasteiger partial charge in [0.1, 0.15) is 0 Å². The molecule has 20 heavy (non-hydrogen) atoms. The molecule has 1 fully saturated rings. The Morgan fingerprint density at radius 3 is 2.05 bits per heavy atom. The number of thioether (sulfide) groups is 1. The molecule has 1 saturated heterocycles. The van der Waals surface area contributed by atoms with Crippen LogP contribution in [0.5, 0.6) is 0 Å². The van der Waals surface area contributed by atoms with Gasteiger partial charge in [0.05, 0.1) is 11.2 Å². The Hall–Kier alpha value is -0.775. The van der Waals surface area contributed by atoms with Crippen LogP contribution in [0.15, 0.2) is 24.3 Å². The van der Waals surface area contributed by atoms with E-state index in [2.05, 4.69) is 0 Å². The van der Waals surface area contributed by atoms with Crippen LogP contribution in [0, 0.1) is 0 Å². The normalized spacial score (nSPS) is 20.1. The van der Waals surface area contributed by atoms with Crippen molar-refractivity contribution in [3.8, 4) is 0 Å². The standard InChI is InChI=1S/C15H21BO3S/c1-11(17)20-10-12-6-8-13(9-7-12)16-18-14(2,3)15(4,5)19-16/h6-9H,10H2,1-5H3. The van der Waals surface area contributed by atoms with Crippen molar-refractivity contribution in [3.05, 3.63) is 29.8 Å². The number of hydrogen-bond donors (Lipinski definition) is 0. The molecule has 1 aromatic carbocycles. The van der Waals surface area contributed by atoms with Gasteiger partial charge in [0, 0.05) is 12.7 Å². The molecule has 0 aromatic heterocycles. The van der Waals surface area contributed by atoms with E-state index in [1.54, 1.807) is 6.92 Å². The van der Waals surface area contributed by atoms with Crippen molar-refractivity contribution in [2.75, 3.05) is 0 Å². The number of carbonyl (C=O) groups is 1. The summed E-state index contributed by atoms with van der Waals surface area (Å²) in [6.45, 7) is 9.77. The van der Waals surface area contributed by atoms with E-state index in [0.29, 0.717) is 5.75 Å². The highest BCUT2D eigenvalue weighted by molar-refractivity contribution is 8.12. The summed E-state index contributed by atoms with van der Waals surface area (Å²) in [6, 6.07) is 8.07. The average Bonchev–Trinajstić information content (AvgIpc) is 2.56. The highest BCUT2D eigenvalue weighted by atomic mass is 32.2. The van der Waals surface area contributed by atoms with Crippen LogP contribution in [0.2, 0.25) is 0 Å². The summed E-state index contributed by atoms with van der Waals surface area (Å²) in [5.41, 5.74) is 1.51. The second kappa shape index (κ2) is 5.55. The van der Waals surface area contributed by atoms with Gasteiger partial charge in [0.15, 0.2) is 5.12 Å². The zero-order valence-electron chi connectivity index (χ0n) is 12.7. The summed E-state index contributed by atoms with van der Waals surface area (Å²) < 4.78 is 12.0. The lowest BCUT2D eigenvalue weighted by atomic mass is 9.79. The minimum Gasteiger partial charge on any atom is -0.399 e. The highest BCUT2D eigenvalue weighted by Gasteiger charge is 2.51. The van der Waals surface area contributed by atoms with Crippen molar-refractivity contribution in [2.24, 2.45) is 0 Å². The molecule has 1 heterocycles. The third kappa shape index (κ3) is 3.27. The molecular formula is C15H21BO3S. The molecule has 0 radical (unpaired) electrons. The van der Waals surface area contributed by atoms with Gasteiger partial charge >= 0.3 is 7.12 Å². The molecule has 2 rings (SSSR count). The van der Waals surface area contributed by atoms with Gasteiger partial charge in [-0.2, -0.15) is 0 Å². The van der Waals surface area contributed by atoms with Crippen molar-refractivity contribution in [1.82, 2.24) is 0 Å². The van der Waals surface area contributed by atoms with E-state index in [0.717, 1.165) is 11.0 Å². The number of benzene rings is 1. The Bertz CT molecular complexity index is 480. The van der Waals surface area contributed by atoms with Crippen molar-refractivity contribution < 1.29 is 14.1 Å². The zero-order valence-corrected chi connectivity index (χ0v) is 13.5. The lowest BCUT2D eigenvalue weighted by molar-refractivity contribution is -0.109. The Balaban J connectivity index is 2.06. The Kier molecular flexibility index (Phi) is 4.33. The average molecular weight is 292 g/mol. The first-order valence-corrected chi connectivity index (χ1v) is 7.78. The fraction of sp³-hybridized carbons (Fsp3) is 0.533. The van der Waals surface area contributed by atoms with Crippen molar-refractivity contribution in [3.63, 3.8) is 0 Å². The molecule has 0 N–H and O–H groups in total. The summed E-state index contributed by atoms with van der Waals surface area (Å²) in [5.74, 6) is 0.707. The van der Waals surface area contributed by atoms with Gasteiger partial charge in [-0.25, -0.2) is 0 Å². The molecule has 5 heteroatoms. The van der Waals surface area contributed by atoms with Gasteiger partial charge in [-0.1, -0.05) is 36.0 Å². The van der Waals surface area contributed by atoms with Crippen LogP contribution in [0.4, 0.5) is 0 Å². The summed E-state index contributed by atoms with van der Waals surface area (Å²) in [5, 5.41) is 0.139. The van der Waals surface area contributed by atoms with E-state index in [1.807, 2.05) is 52.0 Å². The Morgan fingerprint density at radius 1 is 1.10 bits per heavy atom. The van der Waals surface area contributed by atoms with Crippen LogP contribution in [0.3, 0.4) is 0 Å². The summed E-state index contributed by atoms with van der Waals surface area (Å²) in [7, 11) is -0.325. The largest absolute Gasteiger partial charge is 0.494 e. The molecule has 0 amide bonds. The van der Waals surface area contributed by atoms with E-state index < -0.39 is 0 Å². The predicted octanol–water partition coefficient (Wildman–Crippen LogP) is 2.77. The smallest absolute Gasteiger partial charge is 0.399 e. The van der Waals surface area contributed by atoms with Gasteiger partial charge in [-0.15, -0.1) is 0 Å². The van der Waals surface area contributed by atoms with Crippen molar-refractivity contribution in [1.29, 1.82) is 0 Å². The van der Waals surface area contributed by atoms with Crippen LogP contribution >= 0.6 is 11.8 Å². The van der Waals surface area contributed by atoms with E-state index >= 15 is 0 Å². The minimum absolute atomic E-state index is 0.139. The summed E-state index contributed by atoms with van der Waals surface area (Å²) in [6.07, 6.45) is 0. The molecule has 0 atom stereocenters.